The van der Waals surface area contributed by atoms with Crippen LogP contribution in [0.1, 0.15) is 30.9 Å². The third-order valence-electron chi connectivity index (χ3n) is 4.19. The first-order valence-corrected chi connectivity index (χ1v) is 9.65. The minimum absolute atomic E-state index is 0.0993. The van der Waals surface area contributed by atoms with E-state index < -0.39 is 18.4 Å². The Morgan fingerprint density at radius 2 is 1.88 bits per heavy atom. The van der Waals surface area contributed by atoms with Crippen molar-refractivity contribution in [2.24, 2.45) is 0 Å². The maximum Gasteiger partial charge on any atom is 0.345 e. The Bertz CT molecular complexity index is 1140. The number of hydrogen-bond acceptors (Lipinski definition) is 7. The van der Waals surface area contributed by atoms with Crippen molar-refractivity contribution in [3.05, 3.63) is 53.7 Å². The second-order valence-corrected chi connectivity index (χ2v) is 7.15. The van der Waals surface area contributed by atoms with E-state index in [9.17, 15) is 22.4 Å². The molecule has 12 heteroatoms. The van der Waals surface area contributed by atoms with Crippen LogP contribution >= 0.6 is 0 Å². The number of aryl methyl sites for hydroxylation is 1. The van der Waals surface area contributed by atoms with E-state index in [1.807, 2.05) is 0 Å². The largest absolute Gasteiger partial charge is 0.345 e. The number of amides is 1. The van der Waals surface area contributed by atoms with E-state index >= 15 is 0 Å². The van der Waals surface area contributed by atoms with Crippen LogP contribution in [0.15, 0.2) is 36.7 Å². The van der Waals surface area contributed by atoms with Gasteiger partial charge >= 0.3 is 12.5 Å². The van der Waals surface area contributed by atoms with E-state index in [2.05, 4.69) is 35.3 Å². The van der Waals surface area contributed by atoms with Gasteiger partial charge in [0, 0.05) is 49.6 Å². The van der Waals surface area contributed by atoms with Gasteiger partial charge in [-0.05, 0) is 18.6 Å². The monoisotopic (exact) mass is 464 g/mol. The fourth-order valence-corrected chi connectivity index (χ4v) is 2.81. The highest BCUT2D eigenvalue weighted by molar-refractivity contribution is 5.89. The number of anilines is 3. The second kappa shape index (κ2) is 9.86. The summed E-state index contributed by atoms with van der Waals surface area (Å²) in [5, 5.41) is 5.50. The summed E-state index contributed by atoms with van der Waals surface area (Å²) in [5.41, 5.74) is 1.97. The molecule has 2 N–H and O–H groups in total. The zero-order chi connectivity index (χ0) is 24.2. The van der Waals surface area contributed by atoms with Gasteiger partial charge in [0.25, 0.3) is 0 Å². The Morgan fingerprint density at radius 3 is 2.48 bits per heavy atom. The van der Waals surface area contributed by atoms with Crippen LogP contribution in [-0.2, 0) is 22.1 Å². The van der Waals surface area contributed by atoms with Crippen LogP contribution in [0.25, 0.3) is 11.3 Å². The molecule has 8 nitrogen and oxygen atoms in total. The molecular weight excluding hydrogens is 444 g/mol. The molecule has 174 valence electrons. The third-order valence-corrected chi connectivity index (χ3v) is 4.19. The molecular formula is C21H20F4N6O2. The summed E-state index contributed by atoms with van der Waals surface area (Å²) >= 11 is 0. The Kier molecular flexibility index (Phi) is 7.16. The van der Waals surface area contributed by atoms with Crippen molar-refractivity contribution in [2.45, 2.75) is 39.9 Å². The molecule has 1 amide bonds. The molecule has 0 aromatic carbocycles. The molecule has 0 unspecified atom stereocenters. The molecule has 3 aromatic rings. The maximum absolute atomic E-state index is 13.8. The van der Waals surface area contributed by atoms with Crippen molar-refractivity contribution < 1.29 is 27.1 Å². The average Bonchev–Trinajstić information content (AvgIpc) is 2.71. The number of nitrogens with one attached hydrogen (secondary N) is 2. The van der Waals surface area contributed by atoms with Gasteiger partial charge in [-0.2, -0.15) is 17.6 Å². The minimum atomic E-state index is -3.25. The number of aromatic nitrogens is 4. The molecule has 33 heavy (non-hydrogen) atoms. The van der Waals surface area contributed by atoms with Crippen LogP contribution < -0.4 is 10.6 Å². The number of carbonyl (C=O) groups is 1. The van der Waals surface area contributed by atoms with Crippen LogP contribution in [0.5, 0.6) is 0 Å². The summed E-state index contributed by atoms with van der Waals surface area (Å²) in [4.78, 5) is 27.5. The van der Waals surface area contributed by atoms with E-state index in [1.165, 1.54) is 31.5 Å². The smallest absolute Gasteiger partial charge is 0.339 e. The van der Waals surface area contributed by atoms with Gasteiger partial charge in [-0.25, -0.2) is 15.0 Å². The van der Waals surface area contributed by atoms with Gasteiger partial charge in [-0.15, -0.1) is 0 Å². The molecule has 0 aliphatic rings. The fraction of sp³-hybridized carbons (Fsp3) is 0.286. The Morgan fingerprint density at radius 1 is 1.12 bits per heavy atom. The van der Waals surface area contributed by atoms with E-state index in [4.69, 9.17) is 0 Å². The Balaban J connectivity index is 1.99. The zero-order valence-electron chi connectivity index (χ0n) is 17.9. The van der Waals surface area contributed by atoms with Crippen LogP contribution in [0.2, 0.25) is 0 Å². The summed E-state index contributed by atoms with van der Waals surface area (Å²) < 4.78 is 56.3. The normalized spacial score (nSPS) is 11.5. The highest BCUT2D eigenvalue weighted by Crippen LogP contribution is 2.32. The lowest BCUT2D eigenvalue weighted by Gasteiger charge is -2.15. The third kappa shape index (κ3) is 6.65. The molecule has 0 atom stereocenters. The second-order valence-electron chi connectivity index (χ2n) is 7.15. The van der Waals surface area contributed by atoms with Gasteiger partial charge in [0.2, 0.25) is 11.7 Å². The van der Waals surface area contributed by atoms with Gasteiger partial charge in [0.1, 0.15) is 11.6 Å². The minimum Gasteiger partial charge on any atom is -0.339 e. The van der Waals surface area contributed by atoms with Gasteiger partial charge < -0.3 is 15.4 Å². The first kappa shape index (κ1) is 24.0. The molecule has 3 heterocycles. The molecule has 0 saturated carbocycles. The summed E-state index contributed by atoms with van der Waals surface area (Å²) in [7, 11) is 0. The van der Waals surface area contributed by atoms with Gasteiger partial charge in [-0.3, -0.25) is 9.78 Å². The molecule has 0 fully saturated rings. The van der Waals surface area contributed by atoms with E-state index in [-0.39, 0.29) is 24.1 Å². The van der Waals surface area contributed by atoms with Crippen molar-refractivity contribution in [1.29, 1.82) is 0 Å². The zero-order valence-corrected chi connectivity index (χ0v) is 17.9. The number of halogens is 4. The fourth-order valence-electron chi connectivity index (χ4n) is 2.81. The van der Waals surface area contributed by atoms with Crippen molar-refractivity contribution in [3.63, 3.8) is 0 Å². The number of alkyl halides is 4. The lowest BCUT2D eigenvalue weighted by Crippen LogP contribution is -2.14. The topological polar surface area (TPSA) is 102 Å². The van der Waals surface area contributed by atoms with Gasteiger partial charge in [0.05, 0.1) is 18.0 Å². The van der Waals surface area contributed by atoms with Gasteiger partial charge in [-0.1, -0.05) is 6.07 Å². The standard InChI is InChI=1S/C21H20F4N6O2/c1-11-6-18(31-19(28-11)21(3,24)25)30-16-7-17(29-12(2)32)27-9-14(16)15-5-4-13(8-26-15)10-33-20(22)23/h4-9,20H,10H2,1-3H3,(H2,27,28,29,30,31,32). The summed E-state index contributed by atoms with van der Waals surface area (Å²) in [6.07, 6.45) is 2.79. The number of ether oxygens (including phenoxy) is 1. The van der Waals surface area contributed by atoms with Gasteiger partial charge in [0.15, 0.2) is 0 Å². The highest BCUT2D eigenvalue weighted by Gasteiger charge is 2.29. The SMILES string of the molecule is CC(=O)Nc1cc(Nc2cc(C)nc(C(C)(F)F)n2)c(-c2ccc(COC(F)F)cn2)cn1. The van der Waals surface area contributed by atoms with E-state index in [1.54, 1.807) is 19.1 Å². The molecule has 0 bridgehead atoms. The van der Waals surface area contributed by atoms with Crippen molar-refractivity contribution >= 4 is 23.2 Å². The first-order chi connectivity index (χ1) is 15.5. The van der Waals surface area contributed by atoms with Crippen molar-refractivity contribution in [2.75, 3.05) is 10.6 Å². The lowest BCUT2D eigenvalue weighted by molar-refractivity contribution is -0.137. The summed E-state index contributed by atoms with van der Waals surface area (Å²) in [5.74, 6) is -3.94. The molecule has 0 saturated heterocycles. The quantitative estimate of drug-likeness (QED) is 0.462. The summed E-state index contributed by atoms with van der Waals surface area (Å²) in [6, 6.07) is 6.10. The van der Waals surface area contributed by atoms with Crippen molar-refractivity contribution in [1.82, 2.24) is 19.9 Å². The van der Waals surface area contributed by atoms with Crippen LogP contribution in [0.4, 0.5) is 34.9 Å². The average molecular weight is 464 g/mol. The van der Waals surface area contributed by atoms with E-state index in [0.717, 1.165) is 0 Å². The van der Waals surface area contributed by atoms with Crippen molar-refractivity contribution in [3.8, 4) is 11.3 Å². The predicted molar refractivity (Wildman–Crippen MR) is 112 cm³/mol. The number of carbonyl (C=O) groups excluding carboxylic acids is 1. The molecule has 3 aromatic heterocycles. The van der Waals surface area contributed by atoms with Crippen LogP contribution in [-0.4, -0.2) is 32.5 Å². The lowest BCUT2D eigenvalue weighted by atomic mass is 10.1. The molecule has 0 spiro atoms. The maximum atomic E-state index is 13.8. The highest BCUT2D eigenvalue weighted by atomic mass is 19.3. The van der Waals surface area contributed by atoms with Crippen LogP contribution in [0, 0.1) is 6.92 Å². The molecule has 0 aliphatic carbocycles. The number of hydrogen-bond donors (Lipinski definition) is 2. The Hall–Kier alpha value is -3.67. The molecule has 0 aliphatic heterocycles. The Labute approximate surface area is 186 Å². The number of rotatable bonds is 8. The van der Waals surface area contributed by atoms with E-state index in [0.29, 0.717) is 35.1 Å². The number of nitrogens with zero attached hydrogens (tertiary/aromatic N) is 4. The molecule has 0 radical (unpaired) electrons. The van der Waals surface area contributed by atoms with Crippen LogP contribution in [0.3, 0.4) is 0 Å². The summed E-state index contributed by atoms with van der Waals surface area (Å²) in [6.45, 7) is 0.349. The first-order valence-electron chi connectivity index (χ1n) is 9.65. The number of pyridine rings is 2. The predicted octanol–water partition coefficient (Wildman–Crippen LogP) is 4.79. The molecule has 3 rings (SSSR count).